The van der Waals surface area contributed by atoms with Crippen molar-refractivity contribution in [3.8, 4) is 10.6 Å². The molecule has 1 saturated carbocycles. The van der Waals surface area contributed by atoms with Crippen LogP contribution in [0, 0.1) is 5.82 Å². The molecule has 1 aromatic carbocycles. The molecular formula is C17H13FN4OS. The zero-order valence-corrected chi connectivity index (χ0v) is 13.4. The van der Waals surface area contributed by atoms with Gasteiger partial charge in [-0.3, -0.25) is 4.79 Å². The summed E-state index contributed by atoms with van der Waals surface area (Å²) < 4.78 is 13.8. The maximum absolute atomic E-state index is 13.8. The van der Waals surface area contributed by atoms with Crippen molar-refractivity contribution < 1.29 is 9.18 Å². The summed E-state index contributed by atoms with van der Waals surface area (Å²) in [5.41, 5.74) is 0.920. The lowest BCUT2D eigenvalue weighted by Crippen LogP contribution is -2.11. The van der Waals surface area contributed by atoms with Crippen LogP contribution >= 0.6 is 11.3 Å². The van der Waals surface area contributed by atoms with E-state index in [-0.39, 0.29) is 11.7 Å². The van der Waals surface area contributed by atoms with Gasteiger partial charge < -0.3 is 5.32 Å². The number of carbonyl (C=O) groups excluding carboxylic acids is 1. The van der Waals surface area contributed by atoms with Crippen LogP contribution in [0.15, 0.2) is 42.9 Å². The largest absolute Gasteiger partial charge is 0.319 e. The molecule has 0 aliphatic heterocycles. The zero-order chi connectivity index (χ0) is 16.5. The van der Waals surface area contributed by atoms with Gasteiger partial charge in [0.25, 0.3) is 5.91 Å². The van der Waals surface area contributed by atoms with Crippen LogP contribution in [0.2, 0.25) is 0 Å². The van der Waals surface area contributed by atoms with E-state index in [0.717, 1.165) is 30.0 Å². The summed E-state index contributed by atoms with van der Waals surface area (Å²) >= 11 is 1.14. The Hall–Kier alpha value is -2.67. The average Bonchev–Trinajstić information content (AvgIpc) is 3.33. The second-order valence-electron chi connectivity index (χ2n) is 5.57. The molecule has 0 spiro atoms. The Labute approximate surface area is 141 Å². The van der Waals surface area contributed by atoms with Gasteiger partial charge >= 0.3 is 0 Å². The molecule has 5 nitrogen and oxygen atoms in total. The lowest BCUT2D eigenvalue weighted by Gasteiger charge is -2.03. The normalized spacial score (nSPS) is 13.7. The van der Waals surface area contributed by atoms with Crippen molar-refractivity contribution in [1.82, 2.24) is 15.0 Å². The van der Waals surface area contributed by atoms with E-state index in [1.54, 1.807) is 30.6 Å². The molecule has 7 heteroatoms. The molecule has 1 aliphatic rings. The first-order valence-corrected chi connectivity index (χ1v) is 8.36. The van der Waals surface area contributed by atoms with Crippen LogP contribution in [0.4, 0.5) is 10.1 Å². The van der Waals surface area contributed by atoms with E-state index < -0.39 is 0 Å². The number of halogens is 1. The number of benzene rings is 1. The SMILES string of the molecule is O=C(Nc1cnc(C2CC2)nc1)c1cnc(-c2ccccc2F)s1. The number of hydrogen-bond acceptors (Lipinski definition) is 5. The Morgan fingerprint density at radius 2 is 1.88 bits per heavy atom. The number of carbonyl (C=O) groups is 1. The molecule has 1 N–H and O–H groups in total. The molecule has 24 heavy (non-hydrogen) atoms. The Balaban J connectivity index is 1.49. The van der Waals surface area contributed by atoms with Crippen LogP contribution in [0.5, 0.6) is 0 Å². The minimum atomic E-state index is -0.358. The molecule has 1 fully saturated rings. The van der Waals surface area contributed by atoms with Crippen molar-refractivity contribution >= 4 is 22.9 Å². The highest BCUT2D eigenvalue weighted by Gasteiger charge is 2.26. The zero-order valence-electron chi connectivity index (χ0n) is 12.6. The van der Waals surface area contributed by atoms with Gasteiger partial charge in [0, 0.05) is 11.5 Å². The number of amides is 1. The molecule has 0 atom stereocenters. The van der Waals surface area contributed by atoms with Gasteiger partial charge in [0.15, 0.2) is 0 Å². The molecule has 4 rings (SSSR count). The van der Waals surface area contributed by atoms with Crippen LogP contribution in [-0.2, 0) is 0 Å². The molecule has 3 aromatic rings. The molecule has 0 saturated heterocycles. The molecule has 0 unspecified atom stereocenters. The van der Waals surface area contributed by atoms with E-state index in [0.29, 0.717) is 27.1 Å². The molecule has 120 valence electrons. The van der Waals surface area contributed by atoms with Gasteiger partial charge in [-0.1, -0.05) is 12.1 Å². The molecule has 2 heterocycles. The van der Waals surface area contributed by atoms with E-state index >= 15 is 0 Å². The fraction of sp³-hybridized carbons (Fsp3) is 0.176. The second kappa shape index (κ2) is 6.09. The predicted molar refractivity (Wildman–Crippen MR) is 89.5 cm³/mol. The van der Waals surface area contributed by atoms with Crippen molar-refractivity contribution in [1.29, 1.82) is 0 Å². The van der Waals surface area contributed by atoms with Crippen molar-refractivity contribution in [3.63, 3.8) is 0 Å². The third-order valence-electron chi connectivity index (χ3n) is 3.71. The van der Waals surface area contributed by atoms with E-state index in [1.165, 1.54) is 12.3 Å². The first kappa shape index (κ1) is 14.9. The van der Waals surface area contributed by atoms with Gasteiger partial charge in [-0.2, -0.15) is 0 Å². The summed E-state index contributed by atoms with van der Waals surface area (Å²) in [6, 6.07) is 6.36. The minimum absolute atomic E-state index is 0.308. The summed E-state index contributed by atoms with van der Waals surface area (Å²) in [5.74, 6) is 0.632. The van der Waals surface area contributed by atoms with E-state index in [1.807, 2.05) is 0 Å². The van der Waals surface area contributed by atoms with Crippen molar-refractivity contribution in [2.24, 2.45) is 0 Å². The van der Waals surface area contributed by atoms with Gasteiger partial charge in [-0.05, 0) is 25.0 Å². The number of hydrogen-bond donors (Lipinski definition) is 1. The summed E-state index contributed by atoms with van der Waals surface area (Å²) in [7, 11) is 0. The topological polar surface area (TPSA) is 67.8 Å². The molecule has 1 amide bonds. The fourth-order valence-corrected chi connectivity index (χ4v) is 3.12. The maximum Gasteiger partial charge on any atom is 0.267 e. The number of thiazole rings is 1. The smallest absolute Gasteiger partial charge is 0.267 e. The van der Waals surface area contributed by atoms with E-state index in [4.69, 9.17) is 0 Å². The monoisotopic (exact) mass is 340 g/mol. The summed E-state index contributed by atoms with van der Waals surface area (Å²) in [6.07, 6.45) is 6.92. The molecular weight excluding hydrogens is 327 g/mol. The standard InChI is InChI=1S/C17H13FN4OS/c18-13-4-2-1-3-12(13)17-21-9-14(24-17)16(23)22-11-7-19-15(20-8-11)10-5-6-10/h1-4,7-10H,5-6H2,(H,22,23). The number of nitrogens with zero attached hydrogens (tertiary/aromatic N) is 3. The Bertz CT molecular complexity index is 890. The number of aromatic nitrogens is 3. The van der Waals surface area contributed by atoms with Crippen LogP contribution in [-0.4, -0.2) is 20.9 Å². The Morgan fingerprint density at radius 3 is 2.58 bits per heavy atom. The van der Waals surface area contributed by atoms with E-state index in [9.17, 15) is 9.18 Å². The first-order chi connectivity index (χ1) is 11.7. The fourth-order valence-electron chi connectivity index (χ4n) is 2.29. The van der Waals surface area contributed by atoms with Crippen LogP contribution in [0.3, 0.4) is 0 Å². The van der Waals surface area contributed by atoms with Gasteiger partial charge in [0.2, 0.25) is 0 Å². The van der Waals surface area contributed by atoms with Crippen molar-refractivity contribution in [3.05, 3.63) is 59.4 Å². The molecule has 2 aromatic heterocycles. The second-order valence-corrected chi connectivity index (χ2v) is 6.60. The van der Waals surface area contributed by atoms with Crippen molar-refractivity contribution in [2.45, 2.75) is 18.8 Å². The summed E-state index contributed by atoms with van der Waals surface area (Å²) in [6.45, 7) is 0. The lowest BCUT2D eigenvalue weighted by atomic mass is 10.2. The molecule has 0 bridgehead atoms. The van der Waals surface area contributed by atoms with Gasteiger partial charge in [0.05, 0.1) is 24.3 Å². The first-order valence-electron chi connectivity index (χ1n) is 7.55. The third kappa shape index (κ3) is 3.03. The van der Waals surface area contributed by atoms with Crippen LogP contribution in [0.25, 0.3) is 10.6 Å². The average molecular weight is 340 g/mol. The van der Waals surface area contributed by atoms with E-state index in [2.05, 4.69) is 20.3 Å². The number of nitrogens with one attached hydrogen (secondary N) is 1. The highest BCUT2D eigenvalue weighted by Crippen LogP contribution is 2.37. The van der Waals surface area contributed by atoms with Gasteiger partial charge in [0.1, 0.15) is 21.5 Å². The third-order valence-corrected chi connectivity index (χ3v) is 4.74. The predicted octanol–water partition coefficient (Wildman–Crippen LogP) is 3.87. The number of rotatable bonds is 4. The molecule has 1 aliphatic carbocycles. The minimum Gasteiger partial charge on any atom is -0.319 e. The quantitative estimate of drug-likeness (QED) is 0.783. The molecule has 0 radical (unpaired) electrons. The highest BCUT2D eigenvalue weighted by atomic mass is 32.1. The van der Waals surface area contributed by atoms with Crippen LogP contribution < -0.4 is 5.32 Å². The summed E-state index contributed by atoms with van der Waals surface area (Å²) in [5, 5.41) is 3.21. The maximum atomic E-state index is 13.8. The Kier molecular flexibility index (Phi) is 3.78. The summed E-state index contributed by atoms with van der Waals surface area (Å²) in [4.78, 5) is 25.4. The van der Waals surface area contributed by atoms with Crippen LogP contribution in [0.1, 0.15) is 34.3 Å². The van der Waals surface area contributed by atoms with Crippen molar-refractivity contribution in [2.75, 3.05) is 5.32 Å². The van der Waals surface area contributed by atoms with Gasteiger partial charge in [-0.15, -0.1) is 11.3 Å². The highest BCUT2D eigenvalue weighted by molar-refractivity contribution is 7.17. The number of anilines is 1. The lowest BCUT2D eigenvalue weighted by molar-refractivity contribution is 0.103. The Morgan fingerprint density at radius 1 is 1.12 bits per heavy atom. The van der Waals surface area contributed by atoms with Gasteiger partial charge in [-0.25, -0.2) is 19.3 Å².